The van der Waals surface area contributed by atoms with Crippen molar-refractivity contribution in [3.05, 3.63) is 46.0 Å². The van der Waals surface area contributed by atoms with Gasteiger partial charge in [0.15, 0.2) is 0 Å². The van der Waals surface area contributed by atoms with Crippen LogP contribution in [0.1, 0.15) is 46.2 Å². The zero-order valence-electron chi connectivity index (χ0n) is 14.0. The average molecular weight is 345 g/mol. The lowest BCUT2D eigenvalue weighted by Crippen LogP contribution is -2.39. The average Bonchev–Trinajstić information content (AvgIpc) is 2.36. The number of aliphatic hydroxyl groups is 1. The maximum Gasteiger partial charge on any atom is 0.369 e. The molecule has 0 radical (unpaired) electrons. The van der Waals surface area contributed by atoms with Gasteiger partial charge >= 0.3 is 7.60 Å². The molecular formula is C15H24NO6P. The van der Waals surface area contributed by atoms with Crippen LogP contribution in [0.25, 0.3) is 0 Å². The predicted octanol–water partition coefficient (Wildman–Crippen LogP) is 3.76. The quantitative estimate of drug-likeness (QED) is 0.437. The van der Waals surface area contributed by atoms with Crippen LogP contribution in [-0.2, 0) is 13.6 Å². The molecule has 0 aliphatic heterocycles. The van der Waals surface area contributed by atoms with Crippen molar-refractivity contribution in [2.45, 2.75) is 58.2 Å². The highest BCUT2D eigenvalue weighted by Crippen LogP contribution is 2.64. The van der Waals surface area contributed by atoms with Gasteiger partial charge in [0.25, 0.3) is 6.04 Å². The molecule has 0 aromatic heterocycles. The second kappa shape index (κ2) is 7.53. The van der Waals surface area contributed by atoms with E-state index in [0.29, 0.717) is 0 Å². The zero-order chi connectivity index (χ0) is 17.8. The van der Waals surface area contributed by atoms with E-state index in [1.54, 1.807) is 45.9 Å². The highest BCUT2D eigenvalue weighted by atomic mass is 31.2. The molecule has 2 atom stereocenters. The Balaban J connectivity index is 3.40. The van der Waals surface area contributed by atoms with Crippen molar-refractivity contribution in [3.63, 3.8) is 0 Å². The van der Waals surface area contributed by atoms with Crippen LogP contribution in [0.15, 0.2) is 30.3 Å². The van der Waals surface area contributed by atoms with Crippen LogP contribution < -0.4 is 0 Å². The smallest absolute Gasteiger partial charge is 0.369 e. The van der Waals surface area contributed by atoms with Crippen molar-refractivity contribution in [1.82, 2.24) is 0 Å². The molecule has 0 aliphatic rings. The fraction of sp³-hybridized carbons (Fsp3) is 0.600. The second-order valence-corrected chi connectivity index (χ2v) is 8.32. The van der Waals surface area contributed by atoms with Gasteiger partial charge in [-0.25, -0.2) is 0 Å². The molecule has 0 saturated heterocycles. The largest absolute Gasteiger partial charge is 0.372 e. The summed E-state index contributed by atoms with van der Waals surface area (Å²) in [5.41, 5.74) is 0.224. The molecule has 0 fully saturated rings. The molecule has 1 N–H and O–H groups in total. The second-order valence-electron chi connectivity index (χ2n) is 6.00. The predicted molar refractivity (Wildman–Crippen MR) is 86.8 cm³/mol. The molecule has 1 aromatic carbocycles. The van der Waals surface area contributed by atoms with Crippen molar-refractivity contribution < 1.29 is 23.6 Å². The van der Waals surface area contributed by atoms with Crippen LogP contribution >= 0.6 is 7.60 Å². The third-order valence-corrected chi connectivity index (χ3v) is 5.85. The molecule has 0 amide bonds. The molecule has 0 spiro atoms. The van der Waals surface area contributed by atoms with Gasteiger partial charge in [0.2, 0.25) is 5.34 Å². The Bertz CT molecular complexity index is 559. The molecule has 0 heterocycles. The SMILES string of the molecule is CC(C)OP(=O)(OC(C)C)[C@](C)(O)[C@@H](c1ccccc1)[N+](=O)[O-]. The van der Waals surface area contributed by atoms with Gasteiger partial charge in [-0.1, -0.05) is 30.3 Å². The summed E-state index contributed by atoms with van der Waals surface area (Å²) in [7, 11) is -4.20. The van der Waals surface area contributed by atoms with E-state index >= 15 is 0 Å². The summed E-state index contributed by atoms with van der Waals surface area (Å²) in [6.45, 7) is 7.61. The maximum absolute atomic E-state index is 13.2. The molecular weight excluding hydrogens is 321 g/mol. The minimum Gasteiger partial charge on any atom is -0.372 e. The van der Waals surface area contributed by atoms with Crippen LogP contribution in [0, 0.1) is 10.1 Å². The topological polar surface area (TPSA) is 98.9 Å². The first kappa shape index (κ1) is 19.8. The minimum absolute atomic E-state index is 0.224. The lowest BCUT2D eigenvalue weighted by molar-refractivity contribution is -0.545. The van der Waals surface area contributed by atoms with Crippen molar-refractivity contribution in [1.29, 1.82) is 0 Å². The Labute approximate surface area is 136 Å². The van der Waals surface area contributed by atoms with Gasteiger partial charge in [0.1, 0.15) is 0 Å². The molecule has 0 aliphatic carbocycles. The lowest BCUT2D eigenvalue weighted by Gasteiger charge is -2.35. The van der Waals surface area contributed by atoms with E-state index in [1.165, 1.54) is 12.1 Å². The summed E-state index contributed by atoms with van der Waals surface area (Å²) >= 11 is 0. The van der Waals surface area contributed by atoms with E-state index in [0.717, 1.165) is 6.92 Å². The van der Waals surface area contributed by atoms with Gasteiger partial charge in [-0.2, -0.15) is 0 Å². The first-order valence-electron chi connectivity index (χ1n) is 7.39. The number of nitrogens with zero attached hydrogens (tertiary/aromatic N) is 1. The highest BCUT2D eigenvalue weighted by Gasteiger charge is 2.59. The Morgan fingerprint density at radius 3 is 1.91 bits per heavy atom. The fourth-order valence-corrected chi connectivity index (χ4v) is 4.35. The summed E-state index contributed by atoms with van der Waals surface area (Å²) in [5.74, 6) is 0. The van der Waals surface area contributed by atoms with Gasteiger partial charge in [0, 0.05) is 10.5 Å². The number of rotatable bonds is 8. The van der Waals surface area contributed by atoms with Crippen molar-refractivity contribution in [3.8, 4) is 0 Å². The van der Waals surface area contributed by atoms with Gasteiger partial charge < -0.3 is 14.2 Å². The van der Waals surface area contributed by atoms with E-state index in [1.807, 2.05) is 0 Å². The molecule has 23 heavy (non-hydrogen) atoms. The van der Waals surface area contributed by atoms with E-state index < -0.39 is 36.1 Å². The number of benzene rings is 1. The van der Waals surface area contributed by atoms with E-state index in [-0.39, 0.29) is 5.56 Å². The molecule has 0 unspecified atom stereocenters. The normalized spacial score (nSPS) is 16.3. The van der Waals surface area contributed by atoms with Crippen molar-refractivity contribution in [2.75, 3.05) is 0 Å². The number of hydrogen-bond acceptors (Lipinski definition) is 6. The summed E-state index contributed by atoms with van der Waals surface area (Å²) in [6, 6.07) is 6.27. The third-order valence-electron chi connectivity index (χ3n) is 3.10. The van der Waals surface area contributed by atoms with Crippen LogP contribution in [-0.4, -0.2) is 27.6 Å². The molecule has 7 nitrogen and oxygen atoms in total. The summed E-state index contributed by atoms with van der Waals surface area (Å²) in [4.78, 5) is 10.9. The van der Waals surface area contributed by atoms with Gasteiger partial charge in [-0.15, -0.1) is 0 Å². The Hall–Kier alpha value is -1.27. The van der Waals surface area contributed by atoms with Gasteiger partial charge in [-0.3, -0.25) is 14.7 Å². The Kier molecular flexibility index (Phi) is 6.48. The van der Waals surface area contributed by atoms with E-state index in [2.05, 4.69) is 0 Å². The molecule has 130 valence electrons. The molecule has 0 bridgehead atoms. The van der Waals surface area contributed by atoms with E-state index in [9.17, 15) is 19.8 Å². The van der Waals surface area contributed by atoms with Crippen LogP contribution in [0.4, 0.5) is 0 Å². The van der Waals surface area contributed by atoms with Crippen molar-refractivity contribution in [2.24, 2.45) is 0 Å². The summed E-state index contributed by atoms with van der Waals surface area (Å²) in [5, 5.41) is 20.1. The first-order valence-corrected chi connectivity index (χ1v) is 8.93. The maximum atomic E-state index is 13.2. The van der Waals surface area contributed by atoms with Crippen LogP contribution in [0.3, 0.4) is 0 Å². The van der Waals surface area contributed by atoms with E-state index in [4.69, 9.17) is 9.05 Å². The van der Waals surface area contributed by atoms with Gasteiger partial charge in [0.05, 0.1) is 12.2 Å². The van der Waals surface area contributed by atoms with Gasteiger partial charge in [-0.05, 0) is 34.6 Å². The Morgan fingerprint density at radius 2 is 1.57 bits per heavy atom. The Morgan fingerprint density at radius 1 is 1.13 bits per heavy atom. The fourth-order valence-electron chi connectivity index (χ4n) is 2.22. The zero-order valence-corrected chi connectivity index (χ0v) is 14.9. The standard InChI is InChI=1S/C15H24NO6P/c1-11(2)21-23(20,22-12(3)4)15(5,17)14(16(18)19)13-9-7-6-8-10-13/h6-12,14,17H,1-5H3/t14-,15+/m1/s1. The summed E-state index contributed by atoms with van der Waals surface area (Å²) < 4.78 is 23.9. The minimum atomic E-state index is -4.20. The van der Waals surface area contributed by atoms with Crippen LogP contribution in [0.2, 0.25) is 0 Å². The highest BCUT2D eigenvalue weighted by molar-refractivity contribution is 7.55. The monoisotopic (exact) mass is 345 g/mol. The van der Waals surface area contributed by atoms with Crippen LogP contribution in [0.5, 0.6) is 0 Å². The molecule has 8 heteroatoms. The molecule has 0 saturated carbocycles. The first-order chi connectivity index (χ1) is 10.5. The molecule has 1 rings (SSSR count). The number of hydrogen-bond donors (Lipinski definition) is 1. The molecule has 1 aromatic rings. The lowest BCUT2D eigenvalue weighted by atomic mass is 10.0. The summed E-state index contributed by atoms with van der Waals surface area (Å²) in [6.07, 6.45) is -1.07. The number of nitro groups is 1. The third kappa shape index (κ3) is 4.61. The van der Waals surface area contributed by atoms with Crippen molar-refractivity contribution >= 4 is 7.60 Å².